The van der Waals surface area contributed by atoms with Crippen LogP contribution in [-0.4, -0.2) is 34.2 Å². The number of carbonyl (C=O) groups excluding carboxylic acids is 1. The lowest BCUT2D eigenvalue weighted by Crippen LogP contribution is -1.99. The van der Waals surface area contributed by atoms with Crippen molar-refractivity contribution in [1.29, 1.82) is 0 Å². The standard InChI is InChI=1S/C10H12O3.C2H6O.C2H6/c1-8-3-4-9(12-2)10(7-8)13-6-5-11;1-3-2;1-2/h3-5,7H,6H2,1-2H3;1-2H3;1-2H3. The molecule has 0 aliphatic carbocycles. The smallest absolute Gasteiger partial charge is 0.162 e. The monoisotopic (exact) mass is 256 g/mol. The molecule has 4 nitrogen and oxygen atoms in total. The molecule has 0 fully saturated rings. The van der Waals surface area contributed by atoms with Crippen molar-refractivity contribution in [1.82, 2.24) is 0 Å². The van der Waals surface area contributed by atoms with Crippen LogP contribution < -0.4 is 9.47 Å². The molecule has 0 unspecified atom stereocenters. The van der Waals surface area contributed by atoms with Gasteiger partial charge in [-0.1, -0.05) is 19.9 Å². The van der Waals surface area contributed by atoms with Crippen LogP contribution in [-0.2, 0) is 9.53 Å². The van der Waals surface area contributed by atoms with Gasteiger partial charge in [0.05, 0.1) is 7.11 Å². The molecule has 0 aromatic heterocycles. The van der Waals surface area contributed by atoms with Crippen LogP contribution in [0, 0.1) is 6.92 Å². The second-order valence-electron chi connectivity index (χ2n) is 3.04. The van der Waals surface area contributed by atoms with Gasteiger partial charge in [-0.3, -0.25) is 4.79 Å². The van der Waals surface area contributed by atoms with E-state index < -0.39 is 0 Å². The summed E-state index contributed by atoms with van der Waals surface area (Å²) >= 11 is 0. The summed E-state index contributed by atoms with van der Waals surface area (Å²) in [6, 6.07) is 5.57. The maximum Gasteiger partial charge on any atom is 0.162 e. The van der Waals surface area contributed by atoms with Crippen LogP contribution in [0.15, 0.2) is 18.2 Å². The lowest BCUT2D eigenvalue weighted by molar-refractivity contribution is -0.109. The van der Waals surface area contributed by atoms with Gasteiger partial charge in [0.2, 0.25) is 0 Å². The number of rotatable bonds is 4. The number of benzene rings is 1. The van der Waals surface area contributed by atoms with Gasteiger partial charge >= 0.3 is 0 Å². The van der Waals surface area contributed by atoms with Gasteiger partial charge in [0.25, 0.3) is 0 Å². The highest BCUT2D eigenvalue weighted by Crippen LogP contribution is 2.27. The molecule has 0 N–H and O–H groups in total. The summed E-state index contributed by atoms with van der Waals surface area (Å²) in [5.41, 5.74) is 1.07. The van der Waals surface area contributed by atoms with Gasteiger partial charge in [0, 0.05) is 14.2 Å². The van der Waals surface area contributed by atoms with Gasteiger partial charge in [-0.25, -0.2) is 0 Å². The van der Waals surface area contributed by atoms with Crippen LogP contribution >= 0.6 is 0 Å². The van der Waals surface area contributed by atoms with E-state index in [1.807, 2.05) is 39.0 Å². The van der Waals surface area contributed by atoms with Crippen molar-refractivity contribution >= 4 is 6.29 Å². The molecule has 0 aliphatic heterocycles. The molecule has 1 rings (SSSR count). The maximum atomic E-state index is 10.1. The van der Waals surface area contributed by atoms with Crippen molar-refractivity contribution in [2.24, 2.45) is 0 Å². The third-order valence-electron chi connectivity index (χ3n) is 1.63. The fourth-order valence-corrected chi connectivity index (χ4v) is 1.02. The summed E-state index contributed by atoms with van der Waals surface area (Å²) in [6.07, 6.45) is 0.710. The highest BCUT2D eigenvalue weighted by Gasteiger charge is 2.02. The lowest BCUT2D eigenvalue weighted by Gasteiger charge is -2.08. The Morgan fingerprint density at radius 2 is 1.67 bits per heavy atom. The van der Waals surface area contributed by atoms with E-state index in [0.717, 1.165) is 5.56 Å². The molecule has 0 amide bonds. The van der Waals surface area contributed by atoms with Crippen LogP contribution in [0.3, 0.4) is 0 Å². The van der Waals surface area contributed by atoms with Crippen LogP contribution in [0.2, 0.25) is 0 Å². The van der Waals surface area contributed by atoms with Crippen molar-refractivity contribution in [3.8, 4) is 11.5 Å². The molecule has 0 aliphatic rings. The Balaban J connectivity index is 0. The molecule has 4 heteroatoms. The third kappa shape index (κ3) is 8.58. The molecular formula is C14H24O4. The van der Waals surface area contributed by atoms with Gasteiger partial charge in [-0.05, 0) is 24.6 Å². The van der Waals surface area contributed by atoms with Crippen molar-refractivity contribution in [2.45, 2.75) is 20.8 Å². The molecule has 0 saturated heterocycles. The molecule has 0 spiro atoms. The zero-order chi connectivity index (χ0) is 14.4. The van der Waals surface area contributed by atoms with E-state index in [0.29, 0.717) is 17.8 Å². The second-order valence-corrected chi connectivity index (χ2v) is 3.04. The summed E-state index contributed by atoms with van der Waals surface area (Å²) in [4.78, 5) is 10.1. The Kier molecular flexibility index (Phi) is 14.1. The Morgan fingerprint density at radius 1 is 1.11 bits per heavy atom. The topological polar surface area (TPSA) is 44.8 Å². The summed E-state index contributed by atoms with van der Waals surface area (Å²) in [5.74, 6) is 1.25. The van der Waals surface area contributed by atoms with E-state index in [2.05, 4.69) is 4.74 Å². The molecule has 1 aromatic carbocycles. The van der Waals surface area contributed by atoms with Crippen molar-refractivity contribution in [3.05, 3.63) is 23.8 Å². The van der Waals surface area contributed by atoms with E-state index in [4.69, 9.17) is 9.47 Å². The lowest BCUT2D eigenvalue weighted by atomic mass is 10.2. The Hall–Kier alpha value is -1.55. The Bertz CT molecular complexity index is 311. The zero-order valence-electron chi connectivity index (χ0n) is 12.1. The zero-order valence-corrected chi connectivity index (χ0v) is 12.1. The summed E-state index contributed by atoms with van der Waals surface area (Å²) in [6.45, 7) is 6.01. The highest BCUT2D eigenvalue weighted by molar-refractivity contribution is 5.52. The number of hydrogen-bond donors (Lipinski definition) is 0. The molecule has 104 valence electrons. The average molecular weight is 256 g/mol. The minimum absolute atomic E-state index is 0.0554. The second kappa shape index (κ2) is 13.5. The first-order chi connectivity index (χ1) is 8.69. The minimum atomic E-state index is 0.0554. The van der Waals surface area contributed by atoms with Crippen molar-refractivity contribution in [2.75, 3.05) is 27.9 Å². The van der Waals surface area contributed by atoms with Gasteiger partial charge < -0.3 is 14.2 Å². The first-order valence-electron chi connectivity index (χ1n) is 5.80. The van der Waals surface area contributed by atoms with Crippen LogP contribution in [0.1, 0.15) is 19.4 Å². The number of hydrogen-bond acceptors (Lipinski definition) is 4. The first kappa shape index (κ1) is 18.8. The van der Waals surface area contributed by atoms with Gasteiger partial charge in [-0.15, -0.1) is 0 Å². The highest BCUT2D eigenvalue weighted by atomic mass is 16.5. The van der Waals surface area contributed by atoms with Crippen LogP contribution in [0.5, 0.6) is 11.5 Å². The van der Waals surface area contributed by atoms with Gasteiger partial charge in [-0.2, -0.15) is 0 Å². The van der Waals surface area contributed by atoms with Crippen molar-refractivity contribution < 1.29 is 19.0 Å². The summed E-state index contributed by atoms with van der Waals surface area (Å²) in [5, 5.41) is 0. The molecule has 0 saturated carbocycles. The van der Waals surface area contributed by atoms with E-state index in [1.54, 1.807) is 21.3 Å². The van der Waals surface area contributed by atoms with Crippen LogP contribution in [0.25, 0.3) is 0 Å². The van der Waals surface area contributed by atoms with E-state index in [-0.39, 0.29) is 6.61 Å². The van der Waals surface area contributed by atoms with Gasteiger partial charge in [0.1, 0.15) is 6.61 Å². The number of aldehydes is 1. The first-order valence-corrected chi connectivity index (χ1v) is 5.80. The molecular weight excluding hydrogens is 232 g/mol. The predicted octanol–water partition coefficient (Wildman–Crippen LogP) is 2.87. The number of carbonyl (C=O) groups is 1. The SMILES string of the molecule is CC.COC.COc1ccc(C)cc1OCC=O. The Morgan fingerprint density at radius 3 is 2.11 bits per heavy atom. The average Bonchev–Trinajstić information content (AvgIpc) is 2.40. The molecule has 1 aromatic rings. The fourth-order valence-electron chi connectivity index (χ4n) is 1.02. The van der Waals surface area contributed by atoms with E-state index in [1.165, 1.54) is 0 Å². The third-order valence-corrected chi connectivity index (χ3v) is 1.63. The molecule has 0 bridgehead atoms. The molecule has 18 heavy (non-hydrogen) atoms. The maximum absolute atomic E-state index is 10.1. The molecule has 0 heterocycles. The Labute approximate surface area is 110 Å². The van der Waals surface area contributed by atoms with E-state index >= 15 is 0 Å². The molecule has 0 radical (unpaired) electrons. The normalized spacial score (nSPS) is 8.11. The number of methoxy groups -OCH3 is 2. The van der Waals surface area contributed by atoms with Gasteiger partial charge in [0.15, 0.2) is 17.8 Å². The minimum Gasteiger partial charge on any atom is -0.493 e. The number of ether oxygens (including phenoxy) is 3. The summed E-state index contributed by atoms with van der Waals surface area (Å²) < 4.78 is 14.5. The van der Waals surface area contributed by atoms with E-state index in [9.17, 15) is 4.79 Å². The predicted molar refractivity (Wildman–Crippen MR) is 73.6 cm³/mol. The fraction of sp³-hybridized carbons (Fsp3) is 0.500. The molecule has 0 atom stereocenters. The van der Waals surface area contributed by atoms with Crippen LogP contribution in [0.4, 0.5) is 0 Å². The summed E-state index contributed by atoms with van der Waals surface area (Å²) in [7, 11) is 4.82. The quantitative estimate of drug-likeness (QED) is 0.777. The van der Waals surface area contributed by atoms with Crippen molar-refractivity contribution in [3.63, 3.8) is 0 Å². The number of aryl methyl sites for hydroxylation is 1. The largest absolute Gasteiger partial charge is 0.493 e.